The van der Waals surface area contributed by atoms with E-state index < -0.39 is 0 Å². The molecular weight excluding hydrogens is 338 g/mol. The van der Waals surface area contributed by atoms with Gasteiger partial charge in [0.2, 0.25) is 0 Å². The van der Waals surface area contributed by atoms with E-state index in [9.17, 15) is 10.4 Å². The van der Waals surface area contributed by atoms with Crippen LogP contribution in [-0.2, 0) is 6.42 Å². The molecule has 5 nitrogen and oxygen atoms in total. The predicted octanol–water partition coefficient (Wildman–Crippen LogP) is 4.56. The highest BCUT2D eigenvalue weighted by molar-refractivity contribution is 6.05. The molecule has 0 radical (unpaired) electrons. The van der Waals surface area contributed by atoms with Gasteiger partial charge in [-0.05, 0) is 71.5 Å². The first-order chi connectivity index (χ1) is 13.2. The minimum Gasteiger partial charge on any atom is -0.508 e. The topological polar surface area (TPSA) is 85.8 Å². The van der Waals surface area contributed by atoms with Gasteiger partial charge in [-0.3, -0.25) is 5.10 Å². The number of nitrogens with zero attached hydrogens (tertiary/aromatic N) is 2. The van der Waals surface area contributed by atoms with E-state index in [2.05, 4.69) is 22.3 Å². The van der Waals surface area contributed by atoms with E-state index in [1.807, 2.05) is 19.1 Å². The molecule has 0 atom stereocenters. The number of allylic oxidation sites excluding steroid dienone is 1. The highest BCUT2D eigenvalue weighted by Gasteiger charge is 2.29. The molecular formula is C22H15N3O2. The maximum absolute atomic E-state index is 10.2. The number of phenolic OH excluding ortho intramolecular Hbond substituents is 1. The van der Waals surface area contributed by atoms with Crippen LogP contribution in [0.2, 0.25) is 0 Å². The van der Waals surface area contributed by atoms with Gasteiger partial charge in [0.05, 0.1) is 23.5 Å². The summed E-state index contributed by atoms with van der Waals surface area (Å²) < 4.78 is 5.72. The number of nitriles is 1. The molecule has 0 aliphatic heterocycles. The molecule has 130 valence electrons. The summed E-state index contributed by atoms with van der Waals surface area (Å²) in [7, 11) is 0. The average molecular weight is 353 g/mol. The van der Waals surface area contributed by atoms with Gasteiger partial charge in [0.15, 0.2) is 5.76 Å². The van der Waals surface area contributed by atoms with Crippen LogP contribution in [0, 0.1) is 18.3 Å². The molecule has 1 aliphatic rings. The molecule has 4 aromatic rings. The number of nitrogens with one attached hydrogen (secondary N) is 1. The molecule has 2 aromatic heterocycles. The average Bonchev–Trinajstić information content (AvgIpc) is 3.37. The number of H-pyrrole nitrogens is 1. The maximum Gasteiger partial charge on any atom is 0.152 e. The van der Waals surface area contributed by atoms with Gasteiger partial charge < -0.3 is 9.52 Å². The Labute approximate surface area is 155 Å². The van der Waals surface area contributed by atoms with Crippen LogP contribution >= 0.6 is 0 Å². The first kappa shape index (κ1) is 15.5. The number of benzene rings is 2. The monoisotopic (exact) mass is 353 g/mol. The van der Waals surface area contributed by atoms with E-state index in [-0.39, 0.29) is 5.75 Å². The van der Waals surface area contributed by atoms with Gasteiger partial charge in [-0.15, -0.1) is 0 Å². The van der Waals surface area contributed by atoms with Gasteiger partial charge in [-0.2, -0.15) is 10.4 Å². The Balaban J connectivity index is 1.82. The number of hydrogen-bond acceptors (Lipinski definition) is 4. The lowest BCUT2D eigenvalue weighted by atomic mass is 9.96. The Kier molecular flexibility index (Phi) is 3.22. The molecule has 27 heavy (non-hydrogen) atoms. The zero-order valence-electron chi connectivity index (χ0n) is 14.6. The highest BCUT2D eigenvalue weighted by Crippen LogP contribution is 2.45. The number of fused-ring (bicyclic) bond motifs is 2. The Morgan fingerprint density at radius 1 is 1.22 bits per heavy atom. The summed E-state index contributed by atoms with van der Waals surface area (Å²) in [5.41, 5.74) is 7.54. The van der Waals surface area contributed by atoms with E-state index in [0.717, 1.165) is 44.3 Å². The van der Waals surface area contributed by atoms with Crippen molar-refractivity contribution in [2.24, 2.45) is 0 Å². The summed E-state index contributed by atoms with van der Waals surface area (Å²) in [6, 6.07) is 13.5. The molecule has 2 aromatic carbocycles. The first-order valence-corrected chi connectivity index (χ1v) is 8.63. The Bertz CT molecular complexity index is 1280. The Hall–Kier alpha value is -3.78. The second kappa shape index (κ2) is 5.61. The number of rotatable bonds is 2. The van der Waals surface area contributed by atoms with Crippen LogP contribution in [0.5, 0.6) is 5.75 Å². The molecule has 5 rings (SSSR count). The third-order valence-corrected chi connectivity index (χ3v) is 5.18. The molecule has 0 fully saturated rings. The van der Waals surface area contributed by atoms with Gasteiger partial charge in [-0.1, -0.05) is 6.07 Å². The summed E-state index contributed by atoms with van der Waals surface area (Å²) in [4.78, 5) is 0. The van der Waals surface area contributed by atoms with Crippen molar-refractivity contribution in [3.05, 3.63) is 82.4 Å². The first-order valence-electron chi connectivity index (χ1n) is 8.63. The van der Waals surface area contributed by atoms with Crippen molar-refractivity contribution in [3.8, 4) is 11.8 Å². The van der Waals surface area contributed by atoms with Crippen LogP contribution in [-0.4, -0.2) is 15.3 Å². The van der Waals surface area contributed by atoms with E-state index in [1.54, 1.807) is 24.4 Å². The molecule has 0 saturated heterocycles. The molecule has 1 aliphatic carbocycles. The van der Waals surface area contributed by atoms with Crippen molar-refractivity contribution in [1.82, 2.24) is 10.2 Å². The fraction of sp³-hybridized carbons (Fsp3) is 0.0909. The quantitative estimate of drug-likeness (QED) is 0.553. The Morgan fingerprint density at radius 2 is 2.11 bits per heavy atom. The number of aryl methyl sites for hydroxylation is 1. The molecule has 2 heterocycles. The van der Waals surface area contributed by atoms with Gasteiger partial charge in [-0.25, -0.2) is 0 Å². The smallest absolute Gasteiger partial charge is 0.152 e. The molecule has 5 heteroatoms. The van der Waals surface area contributed by atoms with Crippen LogP contribution in [0.3, 0.4) is 0 Å². The minimum absolute atomic E-state index is 0.209. The van der Waals surface area contributed by atoms with Crippen molar-refractivity contribution < 1.29 is 9.52 Å². The van der Waals surface area contributed by atoms with E-state index in [0.29, 0.717) is 17.7 Å². The van der Waals surface area contributed by atoms with E-state index in [1.165, 1.54) is 6.26 Å². The van der Waals surface area contributed by atoms with Crippen LogP contribution < -0.4 is 0 Å². The Morgan fingerprint density at radius 3 is 2.96 bits per heavy atom. The summed E-state index contributed by atoms with van der Waals surface area (Å²) >= 11 is 0. The van der Waals surface area contributed by atoms with Gasteiger partial charge >= 0.3 is 0 Å². The fourth-order valence-electron chi connectivity index (χ4n) is 3.91. The molecule has 0 spiro atoms. The van der Waals surface area contributed by atoms with Crippen molar-refractivity contribution >= 4 is 22.0 Å². The lowest BCUT2D eigenvalue weighted by Gasteiger charge is -2.08. The van der Waals surface area contributed by atoms with Crippen molar-refractivity contribution in [2.75, 3.05) is 0 Å². The SMILES string of the molecule is Cc1cc(O)cc2c1CC(c1ccc3[nH]ncc3c1)=C2c1occc1C#N. The molecule has 0 amide bonds. The summed E-state index contributed by atoms with van der Waals surface area (Å²) in [5, 5.41) is 27.7. The predicted molar refractivity (Wildman–Crippen MR) is 102 cm³/mol. The summed E-state index contributed by atoms with van der Waals surface area (Å²) in [5.74, 6) is 0.754. The minimum atomic E-state index is 0.209. The second-order valence-corrected chi connectivity index (χ2v) is 6.77. The van der Waals surface area contributed by atoms with Crippen molar-refractivity contribution in [2.45, 2.75) is 13.3 Å². The van der Waals surface area contributed by atoms with E-state index in [4.69, 9.17) is 4.42 Å². The number of aromatic hydroxyl groups is 1. The summed E-state index contributed by atoms with van der Waals surface area (Å²) in [6.45, 7) is 1.99. The zero-order valence-corrected chi connectivity index (χ0v) is 14.6. The largest absolute Gasteiger partial charge is 0.508 e. The van der Waals surface area contributed by atoms with Crippen molar-refractivity contribution in [1.29, 1.82) is 5.26 Å². The lowest BCUT2D eigenvalue weighted by Crippen LogP contribution is -1.91. The highest BCUT2D eigenvalue weighted by atomic mass is 16.3. The van der Waals surface area contributed by atoms with Crippen LogP contribution in [0.15, 0.2) is 53.3 Å². The molecule has 0 bridgehead atoms. The second-order valence-electron chi connectivity index (χ2n) is 6.77. The maximum atomic E-state index is 10.2. The summed E-state index contributed by atoms with van der Waals surface area (Å²) in [6.07, 6.45) is 4.04. The standard InChI is InChI=1S/C22H15N3O2/c1-12-6-16(26)8-19-17(12)9-18(21(19)22-14(10-23)4-5-27-22)13-2-3-20-15(7-13)11-24-25-20/h2-8,11,26H,9H2,1H3,(H,24,25). The zero-order chi connectivity index (χ0) is 18.5. The number of furan rings is 1. The fourth-order valence-corrected chi connectivity index (χ4v) is 3.91. The van der Waals surface area contributed by atoms with Gasteiger partial charge in [0.1, 0.15) is 11.8 Å². The van der Waals surface area contributed by atoms with E-state index >= 15 is 0 Å². The third-order valence-electron chi connectivity index (χ3n) is 5.18. The normalized spacial score (nSPS) is 13.2. The van der Waals surface area contributed by atoms with Crippen molar-refractivity contribution in [3.63, 3.8) is 0 Å². The molecule has 0 saturated carbocycles. The number of hydrogen-bond donors (Lipinski definition) is 2. The van der Waals surface area contributed by atoms with Gasteiger partial charge in [0.25, 0.3) is 0 Å². The van der Waals surface area contributed by atoms with Crippen LogP contribution in [0.1, 0.15) is 33.6 Å². The third kappa shape index (κ3) is 2.27. The van der Waals surface area contributed by atoms with Crippen LogP contribution in [0.25, 0.3) is 22.0 Å². The number of aromatic nitrogens is 2. The van der Waals surface area contributed by atoms with Crippen LogP contribution in [0.4, 0.5) is 0 Å². The van der Waals surface area contributed by atoms with Gasteiger partial charge in [0, 0.05) is 11.0 Å². The lowest BCUT2D eigenvalue weighted by molar-refractivity contribution is 0.474. The molecule has 2 N–H and O–H groups in total. The molecule has 0 unspecified atom stereocenters. The number of aromatic amines is 1. The number of phenols is 1.